The number of aromatic hydroxyl groups is 1. The molecule has 102 valence electrons. The smallest absolute Gasteiger partial charge is 0.163 e. The molecule has 1 rings (SSSR count). The molecule has 5 heteroatoms. The number of Topliss-reactive ketones (excluding diaryl/α,β-unsaturated/α-hetero) is 1. The lowest BCUT2D eigenvalue weighted by molar-refractivity contribution is 0.101. The van der Waals surface area contributed by atoms with Gasteiger partial charge in [-0.05, 0) is 25.6 Å². The van der Waals surface area contributed by atoms with E-state index in [1.807, 2.05) is 17.9 Å². The highest BCUT2D eigenvalue weighted by atomic mass is 19.1. The fourth-order valence-electron chi connectivity index (χ4n) is 1.84. The summed E-state index contributed by atoms with van der Waals surface area (Å²) in [6.07, 6.45) is 0.365. The summed E-state index contributed by atoms with van der Waals surface area (Å²) in [6.45, 7) is 4.72. The molecule has 0 atom stereocenters. The number of phenolic OH excluding ortho intramolecular Hbond substituents is 1. The zero-order valence-corrected chi connectivity index (χ0v) is 11.1. The van der Waals surface area contributed by atoms with Crippen LogP contribution in [0.15, 0.2) is 12.1 Å². The third-order valence-electron chi connectivity index (χ3n) is 2.91. The van der Waals surface area contributed by atoms with Crippen LogP contribution in [0.25, 0.3) is 0 Å². The van der Waals surface area contributed by atoms with Gasteiger partial charge in [0.15, 0.2) is 5.78 Å². The van der Waals surface area contributed by atoms with Gasteiger partial charge in [0.2, 0.25) is 0 Å². The fraction of sp³-hybridized carbons (Fsp3) is 0.429. The van der Waals surface area contributed by atoms with Gasteiger partial charge < -0.3 is 5.11 Å². The first kappa shape index (κ1) is 15.1. The van der Waals surface area contributed by atoms with E-state index in [2.05, 4.69) is 0 Å². The van der Waals surface area contributed by atoms with Gasteiger partial charge in [0.25, 0.3) is 0 Å². The molecule has 0 radical (unpaired) electrons. The molecular formula is C14H17FN2O2. The highest BCUT2D eigenvalue weighted by Gasteiger charge is 2.15. The maximum absolute atomic E-state index is 13.4. The second-order valence-electron chi connectivity index (χ2n) is 4.29. The Kier molecular flexibility index (Phi) is 5.46. The summed E-state index contributed by atoms with van der Waals surface area (Å²) < 4.78 is 13.4. The maximum atomic E-state index is 13.4. The third kappa shape index (κ3) is 4.04. The van der Waals surface area contributed by atoms with E-state index < -0.39 is 5.82 Å². The fourth-order valence-corrected chi connectivity index (χ4v) is 1.84. The van der Waals surface area contributed by atoms with Crippen LogP contribution in [-0.4, -0.2) is 28.9 Å². The van der Waals surface area contributed by atoms with Gasteiger partial charge in [-0.1, -0.05) is 6.92 Å². The van der Waals surface area contributed by atoms with Gasteiger partial charge in [-0.15, -0.1) is 0 Å². The number of hydrogen-bond acceptors (Lipinski definition) is 4. The zero-order valence-electron chi connectivity index (χ0n) is 11.1. The number of carbonyl (C=O) groups excluding carboxylic acids is 1. The molecule has 0 saturated carbocycles. The minimum atomic E-state index is -0.547. The van der Waals surface area contributed by atoms with E-state index >= 15 is 0 Å². The molecule has 0 aliphatic carbocycles. The Labute approximate surface area is 112 Å². The largest absolute Gasteiger partial charge is 0.507 e. The molecule has 0 fully saturated rings. The Morgan fingerprint density at radius 2 is 2.21 bits per heavy atom. The van der Waals surface area contributed by atoms with E-state index in [0.717, 1.165) is 6.07 Å². The van der Waals surface area contributed by atoms with Crippen LogP contribution in [0.3, 0.4) is 0 Å². The van der Waals surface area contributed by atoms with Crippen LogP contribution in [0.5, 0.6) is 5.75 Å². The number of rotatable bonds is 6. The molecule has 4 nitrogen and oxygen atoms in total. The van der Waals surface area contributed by atoms with Crippen LogP contribution in [0, 0.1) is 17.1 Å². The molecule has 1 aromatic rings. The molecule has 1 aromatic carbocycles. The Morgan fingerprint density at radius 3 is 2.74 bits per heavy atom. The van der Waals surface area contributed by atoms with Gasteiger partial charge in [-0.25, -0.2) is 4.39 Å². The second-order valence-corrected chi connectivity index (χ2v) is 4.29. The van der Waals surface area contributed by atoms with Crippen LogP contribution in [0.4, 0.5) is 4.39 Å². The van der Waals surface area contributed by atoms with Crippen LogP contribution in [0.2, 0.25) is 0 Å². The normalized spacial score (nSPS) is 10.5. The Hall–Kier alpha value is -1.93. The molecule has 0 aromatic heterocycles. The average Bonchev–Trinajstić information content (AvgIpc) is 2.37. The molecule has 1 N–H and O–H groups in total. The summed E-state index contributed by atoms with van der Waals surface area (Å²) >= 11 is 0. The van der Waals surface area contributed by atoms with Gasteiger partial charge in [-0.2, -0.15) is 5.26 Å². The molecule has 0 aliphatic heterocycles. The van der Waals surface area contributed by atoms with Crippen LogP contribution >= 0.6 is 0 Å². The van der Waals surface area contributed by atoms with Crippen LogP contribution in [-0.2, 0) is 6.54 Å². The van der Waals surface area contributed by atoms with E-state index in [0.29, 0.717) is 31.6 Å². The summed E-state index contributed by atoms with van der Waals surface area (Å²) in [6, 6.07) is 4.30. The molecule has 0 bridgehead atoms. The SMILES string of the molecule is CCN(CCC#N)Cc1cc(F)cc(C(C)=O)c1O. The number of benzene rings is 1. The standard InChI is InChI=1S/C14H17FN2O2/c1-3-17(6-4-5-16)9-11-7-12(15)8-13(10(2)18)14(11)19/h7-8,19H,3-4,6,9H2,1-2H3. The lowest BCUT2D eigenvalue weighted by atomic mass is 10.0. The Bertz CT molecular complexity index is 509. The van der Waals surface area contributed by atoms with E-state index in [1.54, 1.807) is 0 Å². The van der Waals surface area contributed by atoms with Crippen molar-refractivity contribution in [2.45, 2.75) is 26.8 Å². The predicted octanol–water partition coefficient (Wildman–Crippen LogP) is 2.47. The first-order chi connectivity index (χ1) is 8.99. The first-order valence-corrected chi connectivity index (χ1v) is 6.11. The molecule has 0 unspecified atom stereocenters. The van der Waals surface area contributed by atoms with Gasteiger partial charge in [-0.3, -0.25) is 9.69 Å². The minimum absolute atomic E-state index is 0.00802. The summed E-state index contributed by atoms with van der Waals surface area (Å²) in [4.78, 5) is 13.2. The van der Waals surface area contributed by atoms with Crippen molar-refractivity contribution in [2.75, 3.05) is 13.1 Å². The van der Waals surface area contributed by atoms with Crippen molar-refractivity contribution in [3.05, 3.63) is 29.1 Å². The molecular weight excluding hydrogens is 247 g/mol. The van der Waals surface area contributed by atoms with Gasteiger partial charge in [0.05, 0.1) is 11.6 Å². The first-order valence-electron chi connectivity index (χ1n) is 6.11. The van der Waals surface area contributed by atoms with E-state index in [1.165, 1.54) is 13.0 Å². The molecule has 0 amide bonds. The van der Waals surface area contributed by atoms with E-state index in [4.69, 9.17) is 5.26 Å². The quantitative estimate of drug-likeness (QED) is 0.802. The van der Waals surface area contributed by atoms with Crippen LogP contribution < -0.4 is 0 Å². The average molecular weight is 264 g/mol. The highest BCUT2D eigenvalue weighted by molar-refractivity contribution is 5.97. The Morgan fingerprint density at radius 1 is 1.53 bits per heavy atom. The van der Waals surface area contributed by atoms with E-state index in [-0.39, 0.29) is 17.1 Å². The van der Waals surface area contributed by atoms with Crippen molar-refractivity contribution in [2.24, 2.45) is 0 Å². The lowest BCUT2D eigenvalue weighted by Crippen LogP contribution is -2.24. The number of phenols is 1. The molecule has 0 spiro atoms. The van der Waals surface area contributed by atoms with Gasteiger partial charge in [0, 0.05) is 25.1 Å². The maximum Gasteiger partial charge on any atom is 0.163 e. The number of halogens is 1. The zero-order chi connectivity index (χ0) is 14.4. The number of nitriles is 1. The predicted molar refractivity (Wildman–Crippen MR) is 69.3 cm³/mol. The summed E-state index contributed by atoms with van der Waals surface area (Å²) in [5, 5.41) is 18.5. The highest BCUT2D eigenvalue weighted by Crippen LogP contribution is 2.26. The number of carbonyl (C=O) groups is 1. The van der Waals surface area contributed by atoms with Crippen molar-refractivity contribution in [1.82, 2.24) is 4.90 Å². The number of ketones is 1. The molecule has 0 aliphatic rings. The summed E-state index contributed by atoms with van der Waals surface area (Å²) in [7, 11) is 0. The van der Waals surface area contributed by atoms with Crippen molar-refractivity contribution in [1.29, 1.82) is 5.26 Å². The molecule has 19 heavy (non-hydrogen) atoms. The molecule has 0 saturated heterocycles. The summed E-state index contributed by atoms with van der Waals surface area (Å²) in [5.41, 5.74) is 0.358. The van der Waals surface area contributed by atoms with Crippen molar-refractivity contribution >= 4 is 5.78 Å². The van der Waals surface area contributed by atoms with Crippen molar-refractivity contribution < 1.29 is 14.3 Å². The van der Waals surface area contributed by atoms with Crippen molar-refractivity contribution in [3.8, 4) is 11.8 Å². The van der Waals surface area contributed by atoms with Gasteiger partial charge >= 0.3 is 0 Å². The lowest BCUT2D eigenvalue weighted by Gasteiger charge is -2.20. The number of hydrogen-bond donors (Lipinski definition) is 1. The Balaban J connectivity index is 3.00. The third-order valence-corrected chi connectivity index (χ3v) is 2.91. The van der Waals surface area contributed by atoms with Crippen LogP contribution in [0.1, 0.15) is 36.2 Å². The molecule has 0 heterocycles. The van der Waals surface area contributed by atoms with E-state index in [9.17, 15) is 14.3 Å². The number of nitrogens with zero attached hydrogens (tertiary/aromatic N) is 2. The minimum Gasteiger partial charge on any atom is -0.507 e. The monoisotopic (exact) mass is 264 g/mol. The summed E-state index contributed by atoms with van der Waals surface area (Å²) in [5.74, 6) is -1.10. The topological polar surface area (TPSA) is 64.3 Å². The van der Waals surface area contributed by atoms with Gasteiger partial charge in [0.1, 0.15) is 11.6 Å². The second kappa shape index (κ2) is 6.86. The van der Waals surface area contributed by atoms with Crippen molar-refractivity contribution in [3.63, 3.8) is 0 Å².